The van der Waals surface area contributed by atoms with Crippen LogP contribution >= 0.6 is 0 Å². The Morgan fingerprint density at radius 2 is 2.10 bits per heavy atom. The Morgan fingerprint density at radius 1 is 1.40 bits per heavy atom. The van der Waals surface area contributed by atoms with Gasteiger partial charge in [0.1, 0.15) is 5.75 Å². The fourth-order valence-corrected chi connectivity index (χ4v) is 2.63. The van der Waals surface area contributed by atoms with Crippen LogP contribution in [0.5, 0.6) is 5.75 Å². The number of carbonyl (C=O) groups excluding carboxylic acids is 1. The Balaban J connectivity index is 1.76. The van der Waals surface area contributed by atoms with Crippen molar-refractivity contribution in [1.82, 2.24) is 10.6 Å². The minimum Gasteiger partial charge on any atom is -0.508 e. The van der Waals surface area contributed by atoms with Gasteiger partial charge in [-0.05, 0) is 49.9 Å². The van der Waals surface area contributed by atoms with E-state index in [0.29, 0.717) is 5.92 Å². The molecule has 20 heavy (non-hydrogen) atoms. The molecule has 110 valence electrons. The summed E-state index contributed by atoms with van der Waals surface area (Å²) in [6.45, 7) is 5.88. The van der Waals surface area contributed by atoms with Crippen LogP contribution in [0, 0.1) is 11.8 Å². The van der Waals surface area contributed by atoms with Gasteiger partial charge >= 0.3 is 0 Å². The van der Waals surface area contributed by atoms with Gasteiger partial charge in [0.25, 0.3) is 0 Å². The summed E-state index contributed by atoms with van der Waals surface area (Å²) in [5.41, 5.74) is 1.18. The summed E-state index contributed by atoms with van der Waals surface area (Å²) < 4.78 is 0. The maximum absolute atomic E-state index is 12.1. The van der Waals surface area contributed by atoms with E-state index in [1.54, 1.807) is 12.1 Å². The summed E-state index contributed by atoms with van der Waals surface area (Å²) in [6.07, 6.45) is 1.81. The highest BCUT2D eigenvalue weighted by Gasteiger charge is 2.29. The largest absolute Gasteiger partial charge is 0.508 e. The van der Waals surface area contributed by atoms with Gasteiger partial charge in [0.05, 0.1) is 5.92 Å². The average molecular weight is 276 g/mol. The number of amides is 1. The second kappa shape index (κ2) is 6.75. The van der Waals surface area contributed by atoms with Crippen molar-refractivity contribution in [1.29, 1.82) is 0 Å². The molecule has 1 fully saturated rings. The van der Waals surface area contributed by atoms with Gasteiger partial charge in [0.15, 0.2) is 0 Å². The van der Waals surface area contributed by atoms with Gasteiger partial charge in [0, 0.05) is 12.6 Å². The lowest BCUT2D eigenvalue weighted by Gasteiger charge is -2.19. The molecule has 0 bridgehead atoms. The summed E-state index contributed by atoms with van der Waals surface area (Å²) in [6, 6.07) is 7.42. The van der Waals surface area contributed by atoms with Crippen molar-refractivity contribution in [3.05, 3.63) is 29.8 Å². The topological polar surface area (TPSA) is 61.4 Å². The third kappa shape index (κ3) is 3.97. The zero-order valence-electron chi connectivity index (χ0n) is 12.2. The molecule has 0 aliphatic carbocycles. The Hall–Kier alpha value is -1.55. The van der Waals surface area contributed by atoms with E-state index in [1.165, 1.54) is 5.56 Å². The van der Waals surface area contributed by atoms with Gasteiger partial charge < -0.3 is 15.7 Å². The van der Waals surface area contributed by atoms with Crippen LogP contribution in [-0.2, 0) is 11.2 Å². The van der Waals surface area contributed by atoms with Gasteiger partial charge in [-0.15, -0.1) is 0 Å². The molecule has 1 amide bonds. The smallest absolute Gasteiger partial charge is 0.224 e. The molecule has 0 aromatic heterocycles. The second-order valence-electron chi connectivity index (χ2n) is 5.86. The zero-order valence-corrected chi connectivity index (χ0v) is 12.2. The van der Waals surface area contributed by atoms with Crippen LogP contribution in [0.4, 0.5) is 0 Å². The van der Waals surface area contributed by atoms with E-state index in [-0.39, 0.29) is 23.6 Å². The molecule has 3 unspecified atom stereocenters. The van der Waals surface area contributed by atoms with Gasteiger partial charge in [0.2, 0.25) is 5.91 Å². The van der Waals surface area contributed by atoms with Gasteiger partial charge in [-0.1, -0.05) is 19.1 Å². The number of hydrogen-bond acceptors (Lipinski definition) is 3. The lowest BCUT2D eigenvalue weighted by molar-refractivity contribution is -0.126. The quantitative estimate of drug-likeness (QED) is 0.767. The minimum atomic E-state index is 0.103. The molecule has 3 atom stereocenters. The maximum Gasteiger partial charge on any atom is 0.224 e. The SMILES string of the molecule is CC(CCc1ccc(O)cc1)NC(=O)C1CNCC1C. The Kier molecular flexibility index (Phi) is 5.01. The van der Waals surface area contributed by atoms with Crippen LogP contribution in [0.3, 0.4) is 0 Å². The number of aromatic hydroxyl groups is 1. The van der Waals surface area contributed by atoms with E-state index in [4.69, 9.17) is 0 Å². The number of nitrogens with one attached hydrogen (secondary N) is 2. The molecule has 0 saturated carbocycles. The third-order valence-electron chi connectivity index (χ3n) is 4.05. The molecule has 4 nitrogen and oxygen atoms in total. The highest BCUT2D eigenvalue weighted by molar-refractivity contribution is 5.79. The van der Waals surface area contributed by atoms with Crippen molar-refractivity contribution in [3.63, 3.8) is 0 Å². The summed E-state index contributed by atoms with van der Waals surface area (Å²) in [4.78, 5) is 12.1. The van der Waals surface area contributed by atoms with Gasteiger partial charge in [-0.25, -0.2) is 0 Å². The Bertz CT molecular complexity index is 444. The van der Waals surface area contributed by atoms with Gasteiger partial charge in [-0.3, -0.25) is 4.79 Å². The van der Waals surface area contributed by atoms with E-state index >= 15 is 0 Å². The van der Waals surface area contributed by atoms with Crippen LogP contribution in [0.1, 0.15) is 25.8 Å². The predicted molar refractivity (Wildman–Crippen MR) is 79.6 cm³/mol. The average Bonchev–Trinajstić information content (AvgIpc) is 2.84. The summed E-state index contributed by atoms with van der Waals surface area (Å²) >= 11 is 0. The molecule has 1 heterocycles. The molecule has 2 rings (SSSR count). The fourth-order valence-electron chi connectivity index (χ4n) is 2.63. The molecule has 0 spiro atoms. The Morgan fingerprint density at radius 3 is 2.70 bits per heavy atom. The molecular weight excluding hydrogens is 252 g/mol. The van der Waals surface area contributed by atoms with Crippen molar-refractivity contribution in [2.24, 2.45) is 11.8 Å². The molecule has 1 aliphatic heterocycles. The summed E-state index contributed by atoms with van der Waals surface area (Å²) in [5, 5.41) is 15.6. The van der Waals surface area contributed by atoms with Crippen LogP contribution in [0.15, 0.2) is 24.3 Å². The number of hydrogen-bond donors (Lipinski definition) is 3. The number of phenolic OH excluding ortho intramolecular Hbond substituents is 1. The van der Waals surface area contributed by atoms with Crippen LogP contribution in [-0.4, -0.2) is 30.1 Å². The van der Waals surface area contributed by atoms with Crippen molar-refractivity contribution >= 4 is 5.91 Å². The molecule has 3 N–H and O–H groups in total. The minimum absolute atomic E-state index is 0.103. The van der Waals surface area contributed by atoms with Crippen molar-refractivity contribution in [2.75, 3.05) is 13.1 Å². The molecule has 1 aliphatic rings. The first kappa shape index (κ1) is 14.9. The monoisotopic (exact) mass is 276 g/mol. The van der Waals surface area contributed by atoms with Gasteiger partial charge in [-0.2, -0.15) is 0 Å². The van der Waals surface area contributed by atoms with Crippen LogP contribution in [0.25, 0.3) is 0 Å². The van der Waals surface area contributed by atoms with Crippen LogP contribution < -0.4 is 10.6 Å². The maximum atomic E-state index is 12.1. The zero-order chi connectivity index (χ0) is 14.5. The molecule has 4 heteroatoms. The third-order valence-corrected chi connectivity index (χ3v) is 4.05. The molecule has 1 aromatic rings. The number of phenols is 1. The first-order chi connectivity index (χ1) is 9.56. The standard InChI is InChI=1S/C16H24N2O2/c1-11-9-17-10-15(11)16(20)18-12(2)3-4-13-5-7-14(19)8-6-13/h5-8,11-12,15,17,19H,3-4,9-10H2,1-2H3,(H,18,20). The predicted octanol–water partition coefficient (Wildman–Crippen LogP) is 1.69. The van der Waals surface area contributed by atoms with E-state index in [0.717, 1.165) is 25.9 Å². The molecular formula is C16H24N2O2. The van der Waals surface area contributed by atoms with E-state index in [9.17, 15) is 9.90 Å². The summed E-state index contributed by atoms with van der Waals surface area (Å²) in [7, 11) is 0. The first-order valence-electron chi connectivity index (χ1n) is 7.35. The fraction of sp³-hybridized carbons (Fsp3) is 0.562. The van der Waals surface area contributed by atoms with Crippen LogP contribution in [0.2, 0.25) is 0 Å². The highest BCUT2D eigenvalue weighted by Crippen LogP contribution is 2.16. The van der Waals surface area contributed by atoms with E-state index in [1.807, 2.05) is 19.1 Å². The first-order valence-corrected chi connectivity index (χ1v) is 7.35. The van der Waals surface area contributed by atoms with E-state index < -0.39 is 0 Å². The van der Waals surface area contributed by atoms with Crippen molar-refractivity contribution in [2.45, 2.75) is 32.7 Å². The number of carbonyl (C=O) groups is 1. The normalized spacial score (nSPS) is 23.5. The Labute approximate surface area is 120 Å². The molecule has 1 aromatic carbocycles. The molecule has 1 saturated heterocycles. The van der Waals surface area contributed by atoms with Crippen molar-refractivity contribution in [3.8, 4) is 5.75 Å². The van der Waals surface area contributed by atoms with E-state index in [2.05, 4.69) is 17.6 Å². The number of aryl methyl sites for hydroxylation is 1. The highest BCUT2D eigenvalue weighted by atomic mass is 16.3. The lowest BCUT2D eigenvalue weighted by atomic mass is 9.96. The molecule has 0 radical (unpaired) electrons. The lowest BCUT2D eigenvalue weighted by Crippen LogP contribution is -2.39. The summed E-state index contributed by atoms with van der Waals surface area (Å²) in [5.74, 6) is 0.976. The second-order valence-corrected chi connectivity index (χ2v) is 5.86. The van der Waals surface area contributed by atoms with Crippen molar-refractivity contribution < 1.29 is 9.90 Å². The number of benzene rings is 1. The number of rotatable bonds is 5.